The van der Waals surface area contributed by atoms with Crippen LogP contribution in [0.4, 0.5) is 9.59 Å². The summed E-state index contributed by atoms with van der Waals surface area (Å²) in [4.78, 5) is 24.6. The van der Waals surface area contributed by atoms with Gasteiger partial charge in [-0.3, -0.25) is 4.90 Å². The Morgan fingerprint density at radius 3 is 2.39 bits per heavy atom. The van der Waals surface area contributed by atoms with Crippen molar-refractivity contribution in [2.75, 3.05) is 14.1 Å². The van der Waals surface area contributed by atoms with Gasteiger partial charge in [-0.05, 0) is 33.2 Å². The molecule has 0 aliphatic rings. The number of amides is 3. The van der Waals surface area contributed by atoms with Crippen molar-refractivity contribution in [3.63, 3.8) is 0 Å². The molecular weight excluding hydrogens is 234 g/mol. The van der Waals surface area contributed by atoms with Gasteiger partial charge in [0.25, 0.3) is 0 Å². The van der Waals surface area contributed by atoms with Crippen molar-refractivity contribution in [1.82, 2.24) is 15.5 Å². The highest BCUT2D eigenvalue weighted by Crippen LogP contribution is 2.07. The molecule has 1 atom stereocenters. The standard InChI is InChI=1S/C12H17N3O3/c1-9(15(2)3)13-11(16)14-12(17)18-10-7-5-4-6-8-10/h4-9H,1-3H3,(H2,13,14,16,17). The maximum atomic E-state index is 11.4. The Bertz CT molecular complexity index is 406. The Balaban J connectivity index is 2.39. The molecule has 0 saturated carbocycles. The molecule has 1 rings (SSSR count). The molecular formula is C12H17N3O3. The molecule has 0 aliphatic carbocycles. The molecule has 0 saturated heterocycles. The van der Waals surface area contributed by atoms with Gasteiger partial charge in [0.1, 0.15) is 5.75 Å². The number of nitrogens with one attached hydrogen (secondary N) is 2. The van der Waals surface area contributed by atoms with Crippen LogP contribution in [-0.4, -0.2) is 37.3 Å². The third kappa shape index (κ3) is 4.84. The van der Waals surface area contributed by atoms with Crippen molar-refractivity contribution in [3.8, 4) is 5.75 Å². The van der Waals surface area contributed by atoms with E-state index < -0.39 is 12.1 Å². The van der Waals surface area contributed by atoms with E-state index in [-0.39, 0.29) is 6.17 Å². The van der Waals surface area contributed by atoms with E-state index in [1.54, 1.807) is 42.2 Å². The lowest BCUT2D eigenvalue weighted by Crippen LogP contribution is -2.49. The zero-order valence-corrected chi connectivity index (χ0v) is 10.6. The predicted octanol–water partition coefficient (Wildman–Crippen LogP) is 1.39. The first-order valence-corrected chi connectivity index (χ1v) is 5.50. The van der Waals surface area contributed by atoms with Gasteiger partial charge in [0.2, 0.25) is 0 Å². The van der Waals surface area contributed by atoms with Crippen LogP contribution in [-0.2, 0) is 0 Å². The van der Waals surface area contributed by atoms with Crippen molar-refractivity contribution >= 4 is 12.1 Å². The average Bonchev–Trinajstić information content (AvgIpc) is 2.29. The number of carbonyl (C=O) groups is 2. The number of hydrogen-bond acceptors (Lipinski definition) is 4. The summed E-state index contributed by atoms with van der Waals surface area (Å²) in [7, 11) is 3.63. The molecule has 6 heteroatoms. The number of hydrogen-bond donors (Lipinski definition) is 2. The summed E-state index contributed by atoms with van der Waals surface area (Å²) < 4.78 is 4.90. The lowest BCUT2D eigenvalue weighted by molar-refractivity contribution is 0.191. The second-order valence-electron chi connectivity index (χ2n) is 3.94. The minimum Gasteiger partial charge on any atom is -0.410 e. The molecule has 3 amide bonds. The Morgan fingerprint density at radius 1 is 1.22 bits per heavy atom. The summed E-state index contributed by atoms with van der Waals surface area (Å²) in [5.74, 6) is 0.378. The summed E-state index contributed by atoms with van der Waals surface area (Å²) >= 11 is 0. The fourth-order valence-electron chi connectivity index (χ4n) is 1.07. The maximum absolute atomic E-state index is 11.4. The van der Waals surface area contributed by atoms with Crippen LogP contribution < -0.4 is 15.4 Å². The fourth-order valence-corrected chi connectivity index (χ4v) is 1.07. The first-order valence-electron chi connectivity index (χ1n) is 5.50. The third-order valence-electron chi connectivity index (χ3n) is 2.28. The molecule has 0 spiro atoms. The van der Waals surface area contributed by atoms with Crippen molar-refractivity contribution in [1.29, 1.82) is 0 Å². The molecule has 0 aromatic heterocycles. The van der Waals surface area contributed by atoms with Crippen LogP contribution in [0.15, 0.2) is 30.3 Å². The minimum atomic E-state index is -0.815. The van der Waals surface area contributed by atoms with Crippen LogP contribution in [0.2, 0.25) is 0 Å². The first kappa shape index (κ1) is 14.0. The number of rotatable bonds is 3. The highest BCUT2D eigenvalue weighted by atomic mass is 16.6. The number of carbonyl (C=O) groups excluding carboxylic acids is 2. The van der Waals surface area contributed by atoms with Crippen LogP contribution in [0, 0.1) is 0 Å². The Labute approximate surface area is 106 Å². The van der Waals surface area contributed by atoms with Gasteiger partial charge < -0.3 is 10.1 Å². The van der Waals surface area contributed by atoms with E-state index in [1.165, 1.54) is 0 Å². The first-order chi connectivity index (χ1) is 8.49. The van der Waals surface area contributed by atoms with E-state index in [1.807, 2.05) is 14.1 Å². The van der Waals surface area contributed by atoms with E-state index in [0.717, 1.165) is 0 Å². The molecule has 1 aromatic rings. The predicted molar refractivity (Wildman–Crippen MR) is 67.3 cm³/mol. The van der Waals surface area contributed by atoms with E-state index in [9.17, 15) is 9.59 Å². The van der Waals surface area contributed by atoms with Gasteiger partial charge in [0, 0.05) is 0 Å². The highest BCUT2D eigenvalue weighted by Gasteiger charge is 2.12. The summed E-state index contributed by atoms with van der Waals surface area (Å²) in [5, 5.41) is 4.65. The average molecular weight is 251 g/mol. The molecule has 0 aliphatic heterocycles. The summed E-state index contributed by atoms with van der Waals surface area (Å²) in [6.07, 6.45) is -1.00. The number of para-hydroxylation sites is 1. The Morgan fingerprint density at radius 2 is 1.83 bits per heavy atom. The number of ether oxygens (including phenoxy) is 1. The van der Waals surface area contributed by atoms with Crippen LogP contribution in [0.25, 0.3) is 0 Å². The highest BCUT2D eigenvalue weighted by molar-refractivity contribution is 5.91. The molecule has 0 bridgehead atoms. The van der Waals surface area contributed by atoms with Crippen molar-refractivity contribution in [2.45, 2.75) is 13.1 Å². The molecule has 1 aromatic carbocycles. The van der Waals surface area contributed by atoms with Crippen molar-refractivity contribution in [2.24, 2.45) is 0 Å². The van der Waals surface area contributed by atoms with Crippen LogP contribution in [0.3, 0.4) is 0 Å². The zero-order chi connectivity index (χ0) is 13.5. The molecule has 98 valence electrons. The van der Waals surface area contributed by atoms with E-state index >= 15 is 0 Å². The van der Waals surface area contributed by atoms with E-state index in [2.05, 4.69) is 10.6 Å². The van der Waals surface area contributed by atoms with Gasteiger partial charge in [-0.2, -0.15) is 0 Å². The molecule has 6 nitrogen and oxygen atoms in total. The number of benzene rings is 1. The molecule has 2 N–H and O–H groups in total. The number of imide groups is 1. The molecule has 0 heterocycles. The fraction of sp³-hybridized carbons (Fsp3) is 0.333. The molecule has 0 radical (unpaired) electrons. The van der Waals surface area contributed by atoms with Gasteiger partial charge in [-0.25, -0.2) is 14.9 Å². The zero-order valence-electron chi connectivity index (χ0n) is 10.6. The topological polar surface area (TPSA) is 70.7 Å². The second-order valence-corrected chi connectivity index (χ2v) is 3.94. The van der Waals surface area contributed by atoms with Gasteiger partial charge in [0.15, 0.2) is 0 Å². The normalized spacial score (nSPS) is 11.8. The number of urea groups is 1. The van der Waals surface area contributed by atoms with Crippen LogP contribution in [0.5, 0.6) is 5.75 Å². The maximum Gasteiger partial charge on any atom is 0.420 e. The molecule has 0 fully saturated rings. The van der Waals surface area contributed by atoms with E-state index in [0.29, 0.717) is 5.75 Å². The van der Waals surface area contributed by atoms with Crippen molar-refractivity contribution in [3.05, 3.63) is 30.3 Å². The van der Waals surface area contributed by atoms with Gasteiger partial charge >= 0.3 is 12.1 Å². The quantitative estimate of drug-likeness (QED) is 0.796. The second kappa shape index (κ2) is 6.61. The summed E-state index contributed by atoms with van der Waals surface area (Å²) in [6, 6.07) is 7.92. The SMILES string of the molecule is CC(NC(=O)NC(=O)Oc1ccccc1)N(C)C. The summed E-state index contributed by atoms with van der Waals surface area (Å²) in [5.41, 5.74) is 0. The van der Waals surface area contributed by atoms with Crippen molar-refractivity contribution < 1.29 is 14.3 Å². The lowest BCUT2D eigenvalue weighted by atomic mass is 10.3. The Kier molecular flexibility index (Phi) is 5.13. The minimum absolute atomic E-state index is 0.186. The lowest BCUT2D eigenvalue weighted by Gasteiger charge is -2.20. The molecule has 1 unspecified atom stereocenters. The number of nitrogens with zero attached hydrogens (tertiary/aromatic N) is 1. The van der Waals surface area contributed by atoms with Gasteiger partial charge in [-0.1, -0.05) is 18.2 Å². The smallest absolute Gasteiger partial charge is 0.410 e. The monoisotopic (exact) mass is 251 g/mol. The van der Waals surface area contributed by atoms with Gasteiger partial charge in [-0.15, -0.1) is 0 Å². The summed E-state index contributed by atoms with van der Waals surface area (Å²) in [6.45, 7) is 1.79. The van der Waals surface area contributed by atoms with Crippen LogP contribution in [0.1, 0.15) is 6.92 Å². The third-order valence-corrected chi connectivity index (χ3v) is 2.28. The van der Waals surface area contributed by atoms with Crippen LogP contribution >= 0.6 is 0 Å². The molecule has 18 heavy (non-hydrogen) atoms. The Hall–Kier alpha value is -2.08. The van der Waals surface area contributed by atoms with Gasteiger partial charge in [0.05, 0.1) is 6.17 Å². The van der Waals surface area contributed by atoms with E-state index in [4.69, 9.17) is 4.74 Å². The largest absolute Gasteiger partial charge is 0.420 e.